The van der Waals surface area contributed by atoms with Crippen molar-refractivity contribution in [1.82, 2.24) is 10.3 Å². The molecule has 6 nitrogen and oxygen atoms in total. The summed E-state index contributed by atoms with van der Waals surface area (Å²) in [6.07, 6.45) is 1.32. The van der Waals surface area contributed by atoms with Gasteiger partial charge in [-0.05, 0) is 36.1 Å². The Morgan fingerprint density at radius 1 is 1.25 bits per heavy atom. The van der Waals surface area contributed by atoms with Crippen molar-refractivity contribution in [2.75, 3.05) is 0 Å². The van der Waals surface area contributed by atoms with Gasteiger partial charge >= 0.3 is 12.1 Å². The number of ether oxygens (including phenoxy) is 2. The van der Waals surface area contributed by atoms with Gasteiger partial charge in [0.2, 0.25) is 0 Å². The van der Waals surface area contributed by atoms with Crippen LogP contribution in [-0.4, -0.2) is 12.1 Å². The SMILES string of the molecule is CC.CCCc1cc(C(CC)OC(=O)NNS)ccc1OC(C)=O. The third-order valence-electron chi connectivity index (χ3n) is 3.01. The molecule has 0 saturated heterocycles. The molecule has 0 spiro atoms. The second kappa shape index (κ2) is 12.7. The number of hydrazine groups is 1. The number of thiol groups is 1. The number of hydrogen-bond acceptors (Lipinski definition) is 6. The zero-order valence-corrected chi connectivity index (χ0v) is 15.9. The van der Waals surface area contributed by atoms with Gasteiger partial charge in [-0.1, -0.05) is 53.0 Å². The lowest BCUT2D eigenvalue weighted by molar-refractivity contribution is -0.131. The van der Waals surface area contributed by atoms with Gasteiger partial charge in [-0.25, -0.2) is 10.2 Å². The van der Waals surface area contributed by atoms with E-state index in [1.54, 1.807) is 12.1 Å². The summed E-state index contributed by atoms with van der Waals surface area (Å²) in [5.41, 5.74) is 4.02. The molecular weight excluding hydrogens is 328 g/mol. The van der Waals surface area contributed by atoms with E-state index in [0.717, 1.165) is 24.0 Å². The predicted molar refractivity (Wildman–Crippen MR) is 97.9 cm³/mol. The molecule has 1 amide bonds. The van der Waals surface area contributed by atoms with Crippen molar-refractivity contribution >= 4 is 24.9 Å². The molecule has 1 rings (SSSR count). The maximum Gasteiger partial charge on any atom is 0.422 e. The third kappa shape index (κ3) is 7.70. The van der Waals surface area contributed by atoms with Gasteiger partial charge in [0.05, 0.1) is 0 Å². The Morgan fingerprint density at radius 3 is 2.42 bits per heavy atom. The zero-order chi connectivity index (χ0) is 18.5. The molecule has 0 aliphatic rings. The Kier molecular flexibility index (Phi) is 11.8. The third-order valence-corrected chi connectivity index (χ3v) is 3.12. The molecule has 1 atom stereocenters. The molecule has 0 aliphatic carbocycles. The predicted octanol–water partition coefficient (Wildman–Crippen LogP) is 4.12. The smallest absolute Gasteiger partial charge is 0.422 e. The van der Waals surface area contributed by atoms with Crippen LogP contribution in [0.3, 0.4) is 0 Å². The van der Waals surface area contributed by atoms with Crippen LogP contribution in [-0.2, 0) is 16.0 Å². The highest BCUT2D eigenvalue weighted by molar-refractivity contribution is 7.78. The average Bonchev–Trinajstić information content (AvgIpc) is 2.56. The van der Waals surface area contributed by atoms with E-state index in [1.807, 2.05) is 33.8 Å². The summed E-state index contributed by atoms with van der Waals surface area (Å²) in [5.74, 6) is 0.196. The monoisotopic (exact) mass is 356 g/mol. The lowest BCUT2D eigenvalue weighted by Gasteiger charge is -2.18. The molecule has 136 valence electrons. The van der Waals surface area contributed by atoms with Crippen LogP contribution in [0.4, 0.5) is 4.79 Å². The number of carbonyl (C=O) groups is 2. The molecule has 24 heavy (non-hydrogen) atoms. The Balaban J connectivity index is 0.00000254. The maximum absolute atomic E-state index is 11.5. The van der Waals surface area contributed by atoms with E-state index in [-0.39, 0.29) is 12.1 Å². The van der Waals surface area contributed by atoms with E-state index in [4.69, 9.17) is 9.47 Å². The fourth-order valence-corrected chi connectivity index (χ4v) is 2.20. The number of rotatable bonds is 7. The van der Waals surface area contributed by atoms with Gasteiger partial charge in [-0.15, -0.1) is 0 Å². The van der Waals surface area contributed by atoms with Gasteiger partial charge in [0, 0.05) is 6.92 Å². The largest absolute Gasteiger partial charge is 0.440 e. The van der Waals surface area contributed by atoms with Crippen LogP contribution in [0.5, 0.6) is 5.75 Å². The molecule has 7 heteroatoms. The van der Waals surface area contributed by atoms with Crippen LogP contribution in [0.15, 0.2) is 18.2 Å². The first-order valence-corrected chi connectivity index (χ1v) is 8.63. The molecule has 0 aliphatic heterocycles. The van der Waals surface area contributed by atoms with E-state index in [9.17, 15) is 9.59 Å². The molecule has 0 fully saturated rings. The quantitative estimate of drug-likeness (QED) is 0.296. The van der Waals surface area contributed by atoms with Gasteiger partial charge in [0.15, 0.2) is 0 Å². The van der Waals surface area contributed by atoms with Crippen LogP contribution in [0, 0.1) is 0 Å². The molecule has 0 bridgehead atoms. The standard InChI is InChI=1S/C15H22N2O4S.C2H6/c1-4-6-11-9-12(7-8-14(11)20-10(3)18)13(5-2)21-15(19)16-17-22;1-2/h7-9,13,17,22H,4-6H2,1-3H3,(H,16,19);1-2H3. The number of nitrogens with one attached hydrogen (secondary N) is 2. The second-order valence-electron chi connectivity index (χ2n) is 4.75. The minimum absolute atomic E-state index is 0.354. The molecule has 1 unspecified atom stereocenters. The maximum atomic E-state index is 11.5. The number of carbonyl (C=O) groups excluding carboxylic acids is 2. The molecular formula is C17H28N2O4S. The molecule has 2 N–H and O–H groups in total. The van der Waals surface area contributed by atoms with Crippen molar-refractivity contribution in [2.45, 2.75) is 60.0 Å². The highest BCUT2D eigenvalue weighted by Gasteiger charge is 2.17. The molecule has 0 aromatic heterocycles. The first-order chi connectivity index (χ1) is 11.5. The van der Waals surface area contributed by atoms with Crippen LogP contribution in [0.2, 0.25) is 0 Å². The van der Waals surface area contributed by atoms with E-state index in [2.05, 4.69) is 23.1 Å². The fraction of sp³-hybridized carbons (Fsp3) is 0.529. The number of amides is 1. The Bertz CT molecular complexity index is 523. The molecule has 0 heterocycles. The van der Waals surface area contributed by atoms with Crippen molar-refractivity contribution in [3.63, 3.8) is 0 Å². The summed E-state index contributed by atoms with van der Waals surface area (Å²) >= 11 is 3.68. The lowest BCUT2D eigenvalue weighted by atomic mass is 10.0. The lowest BCUT2D eigenvalue weighted by Crippen LogP contribution is -2.32. The van der Waals surface area contributed by atoms with Gasteiger partial charge in [-0.3, -0.25) is 4.79 Å². The minimum Gasteiger partial charge on any atom is -0.440 e. The molecule has 1 aromatic carbocycles. The summed E-state index contributed by atoms with van der Waals surface area (Å²) < 4.78 is 10.5. The first-order valence-electron chi connectivity index (χ1n) is 8.18. The van der Waals surface area contributed by atoms with Crippen molar-refractivity contribution in [3.05, 3.63) is 29.3 Å². The zero-order valence-electron chi connectivity index (χ0n) is 15.0. The van der Waals surface area contributed by atoms with Gasteiger partial charge < -0.3 is 9.47 Å². The molecule has 0 saturated carbocycles. The normalized spacial score (nSPS) is 10.9. The number of esters is 1. The van der Waals surface area contributed by atoms with E-state index >= 15 is 0 Å². The summed E-state index contributed by atoms with van der Waals surface area (Å²) in [6, 6.07) is 5.45. The molecule has 1 aromatic rings. The summed E-state index contributed by atoms with van der Waals surface area (Å²) in [5, 5.41) is 0. The highest BCUT2D eigenvalue weighted by Crippen LogP contribution is 2.28. The van der Waals surface area contributed by atoms with E-state index in [0.29, 0.717) is 12.2 Å². The van der Waals surface area contributed by atoms with Crippen molar-refractivity contribution in [1.29, 1.82) is 0 Å². The van der Waals surface area contributed by atoms with E-state index in [1.165, 1.54) is 6.92 Å². The van der Waals surface area contributed by atoms with Gasteiger partial charge in [0.25, 0.3) is 0 Å². The number of hydrogen-bond donors (Lipinski definition) is 3. The molecule has 0 radical (unpaired) electrons. The second-order valence-corrected chi connectivity index (χ2v) is 4.97. The Labute approximate surface area is 149 Å². The van der Waals surface area contributed by atoms with Crippen LogP contribution < -0.4 is 15.0 Å². The van der Waals surface area contributed by atoms with Crippen molar-refractivity contribution < 1.29 is 19.1 Å². The number of benzene rings is 1. The summed E-state index contributed by atoms with van der Waals surface area (Å²) in [4.78, 5) is 24.9. The fourth-order valence-electron chi connectivity index (χ4n) is 2.11. The first kappa shape index (κ1) is 22.3. The van der Waals surface area contributed by atoms with E-state index < -0.39 is 6.09 Å². The summed E-state index contributed by atoms with van der Waals surface area (Å²) in [7, 11) is 0. The average molecular weight is 356 g/mol. The topological polar surface area (TPSA) is 76.7 Å². The van der Waals surface area contributed by atoms with Crippen LogP contribution >= 0.6 is 12.8 Å². The highest BCUT2D eigenvalue weighted by atomic mass is 32.1. The Hall–Kier alpha value is -1.73. The van der Waals surface area contributed by atoms with Crippen molar-refractivity contribution in [2.24, 2.45) is 0 Å². The van der Waals surface area contributed by atoms with Crippen LogP contribution in [0.1, 0.15) is 64.7 Å². The van der Waals surface area contributed by atoms with Crippen molar-refractivity contribution in [3.8, 4) is 5.75 Å². The van der Waals surface area contributed by atoms with Crippen LogP contribution in [0.25, 0.3) is 0 Å². The minimum atomic E-state index is -0.608. The van der Waals surface area contributed by atoms with Gasteiger partial charge in [0.1, 0.15) is 11.9 Å². The number of aryl methyl sites for hydroxylation is 1. The summed E-state index contributed by atoms with van der Waals surface area (Å²) in [6.45, 7) is 9.34. The van der Waals surface area contributed by atoms with Gasteiger partial charge in [-0.2, -0.15) is 4.83 Å². The Morgan fingerprint density at radius 2 is 1.92 bits per heavy atom.